The van der Waals surface area contributed by atoms with E-state index >= 15 is 0 Å². The van der Waals surface area contributed by atoms with Crippen LogP contribution >= 0.6 is 0 Å². The van der Waals surface area contributed by atoms with Gasteiger partial charge >= 0.3 is 0 Å². The fraction of sp³-hybridized carbons (Fsp3) is 1.00. The average molecular weight is 205 g/mol. The summed E-state index contributed by atoms with van der Waals surface area (Å²) < 4.78 is 4.84. The van der Waals surface area contributed by atoms with Gasteiger partial charge in [-0.1, -0.05) is 13.8 Å². The second-order valence-corrected chi connectivity index (χ2v) is 3.53. The monoisotopic (exact) mass is 205 g/mol. The first-order valence-corrected chi connectivity index (χ1v) is 5.19. The van der Waals surface area contributed by atoms with Crippen LogP contribution in [0.25, 0.3) is 0 Å². The Morgan fingerprint density at radius 2 is 1.86 bits per heavy atom. The van der Waals surface area contributed by atoms with Gasteiger partial charge in [-0.3, -0.25) is 4.84 Å². The number of ether oxygens (including phenoxy) is 1. The van der Waals surface area contributed by atoms with Gasteiger partial charge in [0.2, 0.25) is 0 Å². The van der Waals surface area contributed by atoms with E-state index in [-0.39, 0.29) is 12.0 Å². The van der Waals surface area contributed by atoms with Crippen molar-refractivity contribution in [2.24, 2.45) is 5.41 Å². The molecule has 0 radical (unpaired) electrons. The summed E-state index contributed by atoms with van der Waals surface area (Å²) in [5, 5.41) is 9.26. The van der Waals surface area contributed by atoms with Gasteiger partial charge in [0.05, 0.1) is 13.2 Å². The highest BCUT2D eigenvalue weighted by Crippen LogP contribution is 2.24. The van der Waals surface area contributed by atoms with Crippen LogP contribution in [0.5, 0.6) is 0 Å². The average Bonchev–Trinajstić information content (AvgIpc) is 2.24. The minimum absolute atomic E-state index is 0.0485. The molecule has 0 saturated heterocycles. The Labute approximate surface area is 86.5 Å². The van der Waals surface area contributed by atoms with Crippen molar-refractivity contribution < 1.29 is 14.7 Å². The van der Waals surface area contributed by atoms with E-state index in [0.29, 0.717) is 19.8 Å². The standard InChI is InChI=1S/C10H23NO3/c1-4-10(5-2,9-12)8-11-14-7-6-13-3/h11-12H,4-9H2,1-3H3. The molecule has 4 heteroatoms. The molecule has 0 heterocycles. The van der Waals surface area contributed by atoms with E-state index in [1.165, 1.54) is 0 Å². The van der Waals surface area contributed by atoms with E-state index in [0.717, 1.165) is 12.8 Å². The van der Waals surface area contributed by atoms with Crippen molar-refractivity contribution in [3.05, 3.63) is 0 Å². The van der Waals surface area contributed by atoms with Gasteiger partial charge in [0.15, 0.2) is 0 Å². The number of hydroxylamine groups is 1. The maximum atomic E-state index is 9.26. The van der Waals surface area contributed by atoms with E-state index in [4.69, 9.17) is 9.57 Å². The maximum Gasteiger partial charge on any atom is 0.0915 e. The lowest BCUT2D eigenvalue weighted by atomic mass is 9.83. The summed E-state index contributed by atoms with van der Waals surface area (Å²) in [6, 6.07) is 0. The molecule has 0 fully saturated rings. The summed E-state index contributed by atoms with van der Waals surface area (Å²) in [4.78, 5) is 5.15. The molecule has 2 N–H and O–H groups in total. The molecule has 0 aliphatic rings. The first-order chi connectivity index (χ1) is 6.74. The number of rotatable bonds is 9. The van der Waals surface area contributed by atoms with Gasteiger partial charge in [-0.25, -0.2) is 5.48 Å². The molecule has 4 nitrogen and oxygen atoms in total. The summed E-state index contributed by atoms with van der Waals surface area (Å²) in [6.45, 7) is 6.15. The molecule has 14 heavy (non-hydrogen) atoms. The molecule has 0 aromatic rings. The molecule has 0 unspecified atom stereocenters. The van der Waals surface area contributed by atoms with E-state index in [2.05, 4.69) is 19.3 Å². The van der Waals surface area contributed by atoms with Crippen molar-refractivity contribution >= 4 is 0 Å². The Hall–Kier alpha value is -0.160. The van der Waals surface area contributed by atoms with Crippen molar-refractivity contribution in [3.63, 3.8) is 0 Å². The summed E-state index contributed by atoms with van der Waals surface area (Å²) in [5.74, 6) is 0. The number of hydrogen-bond donors (Lipinski definition) is 2. The molecule has 0 aliphatic carbocycles. The Morgan fingerprint density at radius 1 is 1.21 bits per heavy atom. The number of methoxy groups -OCH3 is 1. The molecule has 0 atom stereocenters. The van der Waals surface area contributed by atoms with Gasteiger partial charge in [0.1, 0.15) is 0 Å². The highest BCUT2D eigenvalue weighted by atomic mass is 16.7. The molecular weight excluding hydrogens is 182 g/mol. The normalized spacial score (nSPS) is 12.0. The Balaban J connectivity index is 3.61. The minimum Gasteiger partial charge on any atom is -0.396 e. The maximum absolute atomic E-state index is 9.26. The molecule has 0 aliphatic heterocycles. The van der Waals surface area contributed by atoms with Gasteiger partial charge in [0, 0.05) is 25.7 Å². The lowest BCUT2D eigenvalue weighted by Gasteiger charge is -2.29. The van der Waals surface area contributed by atoms with Crippen molar-refractivity contribution in [1.82, 2.24) is 5.48 Å². The highest BCUT2D eigenvalue weighted by Gasteiger charge is 2.24. The lowest BCUT2D eigenvalue weighted by Crippen LogP contribution is -2.37. The number of aliphatic hydroxyl groups excluding tert-OH is 1. The van der Waals surface area contributed by atoms with Crippen molar-refractivity contribution in [3.8, 4) is 0 Å². The van der Waals surface area contributed by atoms with Crippen LogP contribution in [0.4, 0.5) is 0 Å². The van der Waals surface area contributed by atoms with Gasteiger partial charge in [-0.2, -0.15) is 0 Å². The molecule has 0 rings (SSSR count). The molecule has 0 aromatic carbocycles. The first kappa shape index (κ1) is 13.8. The molecule has 86 valence electrons. The molecule has 0 spiro atoms. The summed E-state index contributed by atoms with van der Waals surface area (Å²) in [5.41, 5.74) is 2.83. The fourth-order valence-corrected chi connectivity index (χ4v) is 1.18. The number of nitrogens with one attached hydrogen (secondary N) is 1. The van der Waals surface area contributed by atoms with Crippen LogP contribution in [0, 0.1) is 5.41 Å². The summed E-state index contributed by atoms with van der Waals surface area (Å²) >= 11 is 0. The largest absolute Gasteiger partial charge is 0.396 e. The van der Waals surface area contributed by atoms with Crippen LogP contribution < -0.4 is 5.48 Å². The minimum atomic E-state index is -0.0485. The molecule has 0 bridgehead atoms. The zero-order valence-corrected chi connectivity index (χ0v) is 9.51. The zero-order chi connectivity index (χ0) is 10.9. The van der Waals surface area contributed by atoms with E-state index in [1.807, 2.05) is 0 Å². The topological polar surface area (TPSA) is 50.7 Å². The van der Waals surface area contributed by atoms with Crippen LogP contribution in [-0.2, 0) is 9.57 Å². The van der Waals surface area contributed by atoms with Crippen molar-refractivity contribution in [1.29, 1.82) is 0 Å². The van der Waals surface area contributed by atoms with Crippen LogP contribution in [-0.4, -0.2) is 38.6 Å². The van der Waals surface area contributed by atoms with Gasteiger partial charge in [-0.15, -0.1) is 0 Å². The molecule has 0 aromatic heterocycles. The second kappa shape index (κ2) is 8.17. The first-order valence-electron chi connectivity index (χ1n) is 5.19. The van der Waals surface area contributed by atoms with E-state index < -0.39 is 0 Å². The van der Waals surface area contributed by atoms with Crippen molar-refractivity contribution in [2.75, 3.05) is 33.5 Å². The third kappa shape index (κ3) is 4.91. The Kier molecular flexibility index (Phi) is 8.08. The summed E-state index contributed by atoms with van der Waals surface area (Å²) in [7, 11) is 1.64. The van der Waals surface area contributed by atoms with Gasteiger partial charge < -0.3 is 9.84 Å². The van der Waals surface area contributed by atoms with Crippen LogP contribution in [0.3, 0.4) is 0 Å². The third-order valence-corrected chi connectivity index (χ3v) is 2.77. The van der Waals surface area contributed by atoms with E-state index in [9.17, 15) is 5.11 Å². The molecule has 0 amide bonds. The molecular formula is C10H23NO3. The van der Waals surface area contributed by atoms with Gasteiger partial charge in [0.25, 0.3) is 0 Å². The fourth-order valence-electron chi connectivity index (χ4n) is 1.18. The Morgan fingerprint density at radius 3 is 2.29 bits per heavy atom. The van der Waals surface area contributed by atoms with Gasteiger partial charge in [-0.05, 0) is 12.8 Å². The van der Waals surface area contributed by atoms with Crippen LogP contribution in [0.2, 0.25) is 0 Å². The predicted molar refractivity (Wildman–Crippen MR) is 55.9 cm³/mol. The van der Waals surface area contributed by atoms with E-state index in [1.54, 1.807) is 7.11 Å². The SMILES string of the molecule is CCC(CC)(CO)CNOCCOC. The molecule has 0 saturated carbocycles. The second-order valence-electron chi connectivity index (χ2n) is 3.53. The van der Waals surface area contributed by atoms with Crippen LogP contribution in [0.1, 0.15) is 26.7 Å². The quantitative estimate of drug-likeness (QED) is 0.435. The predicted octanol–water partition coefficient (Wildman–Crippen LogP) is 0.953. The lowest BCUT2D eigenvalue weighted by molar-refractivity contribution is -0.0226. The number of aliphatic hydroxyl groups is 1. The number of hydrogen-bond acceptors (Lipinski definition) is 4. The summed E-state index contributed by atoms with van der Waals surface area (Å²) in [6.07, 6.45) is 1.89. The van der Waals surface area contributed by atoms with Crippen molar-refractivity contribution in [2.45, 2.75) is 26.7 Å². The third-order valence-electron chi connectivity index (χ3n) is 2.77. The smallest absolute Gasteiger partial charge is 0.0915 e. The van der Waals surface area contributed by atoms with Crippen LogP contribution in [0.15, 0.2) is 0 Å². The highest BCUT2D eigenvalue weighted by molar-refractivity contribution is 4.76. The zero-order valence-electron chi connectivity index (χ0n) is 9.51. The Bertz CT molecular complexity index is 118.